The maximum absolute atomic E-state index is 6.78. The summed E-state index contributed by atoms with van der Waals surface area (Å²) < 4.78 is 43.9. The van der Waals surface area contributed by atoms with Crippen LogP contribution in [0.3, 0.4) is 0 Å². The molecule has 1 fully saturated rings. The van der Waals surface area contributed by atoms with Crippen molar-refractivity contribution in [3.8, 4) is 0 Å². The standard InChI is InChI=1S/C17H46O7Si6/c1-18-30(19-2,20-3)17-16-29(12)23-26(7,8)21-28(11,22-27(9,10)24-29)15-13-14-25(4,5)6/h13-17H2,1-12H3. The van der Waals surface area contributed by atoms with Gasteiger partial charge < -0.3 is 29.7 Å². The molecule has 0 bridgehead atoms. The van der Waals surface area contributed by atoms with E-state index in [1.54, 1.807) is 21.3 Å². The van der Waals surface area contributed by atoms with Gasteiger partial charge >= 0.3 is 43.0 Å². The van der Waals surface area contributed by atoms with Gasteiger partial charge in [-0.15, -0.1) is 0 Å². The average molecular weight is 531 g/mol. The minimum atomic E-state index is -2.70. The molecule has 0 atom stereocenters. The topological polar surface area (TPSA) is 64.6 Å². The normalized spacial score (nSPS) is 30.0. The lowest BCUT2D eigenvalue weighted by atomic mass is 10.6. The van der Waals surface area contributed by atoms with Crippen LogP contribution in [0.4, 0.5) is 0 Å². The van der Waals surface area contributed by atoms with E-state index in [0.717, 1.165) is 18.5 Å². The Morgan fingerprint density at radius 3 is 1.30 bits per heavy atom. The molecule has 0 unspecified atom stereocenters. The molecule has 30 heavy (non-hydrogen) atoms. The van der Waals surface area contributed by atoms with Crippen molar-refractivity contribution in [2.24, 2.45) is 0 Å². The van der Waals surface area contributed by atoms with E-state index in [0.29, 0.717) is 6.04 Å². The summed E-state index contributed by atoms with van der Waals surface area (Å²) in [5.41, 5.74) is 0. The van der Waals surface area contributed by atoms with E-state index >= 15 is 0 Å². The third-order valence-corrected chi connectivity index (χ3v) is 27.5. The summed E-state index contributed by atoms with van der Waals surface area (Å²) in [5, 5.41) is 0. The smallest absolute Gasteiger partial charge is 0.416 e. The van der Waals surface area contributed by atoms with Gasteiger partial charge in [-0.25, -0.2) is 0 Å². The number of rotatable bonds is 10. The van der Waals surface area contributed by atoms with Crippen LogP contribution in [-0.4, -0.2) is 72.5 Å². The number of hydrogen-bond donors (Lipinski definition) is 0. The zero-order valence-electron chi connectivity index (χ0n) is 21.4. The highest BCUT2D eigenvalue weighted by Gasteiger charge is 2.55. The maximum Gasteiger partial charge on any atom is 0.500 e. The predicted octanol–water partition coefficient (Wildman–Crippen LogP) is 5.22. The van der Waals surface area contributed by atoms with E-state index in [4.69, 9.17) is 29.7 Å². The Morgan fingerprint density at radius 2 is 0.967 bits per heavy atom. The zero-order valence-corrected chi connectivity index (χ0v) is 27.4. The first kappa shape index (κ1) is 29.1. The molecule has 1 aliphatic heterocycles. The summed E-state index contributed by atoms with van der Waals surface area (Å²) in [4.78, 5) is 0. The van der Waals surface area contributed by atoms with Crippen LogP contribution in [-0.2, 0) is 29.7 Å². The molecule has 7 nitrogen and oxygen atoms in total. The Morgan fingerprint density at radius 1 is 0.600 bits per heavy atom. The summed E-state index contributed by atoms with van der Waals surface area (Å²) in [6, 6.07) is 3.67. The molecule has 0 spiro atoms. The van der Waals surface area contributed by atoms with E-state index in [-0.39, 0.29) is 0 Å². The quantitative estimate of drug-likeness (QED) is 0.359. The van der Waals surface area contributed by atoms with Gasteiger partial charge in [-0.05, 0) is 51.4 Å². The lowest BCUT2D eigenvalue weighted by Gasteiger charge is -2.49. The van der Waals surface area contributed by atoms with Crippen molar-refractivity contribution in [2.45, 2.75) is 89.5 Å². The first-order valence-corrected chi connectivity index (χ1v) is 27.2. The summed E-state index contributed by atoms with van der Waals surface area (Å²) in [5.74, 6) is 0. The fraction of sp³-hybridized carbons (Fsp3) is 1.00. The van der Waals surface area contributed by atoms with Crippen LogP contribution in [0.2, 0.25) is 83.1 Å². The molecule has 0 N–H and O–H groups in total. The Balaban J connectivity index is 3.01. The van der Waals surface area contributed by atoms with Crippen molar-refractivity contribution in [1.29, 1.82) is 0 Å². The predicted molar refractivity (Wildman–Crippen MR) is 137 cm³/mol. The molecule has 0 radical (unpaired) electrons. The summed E-state index contributed by atoms with van der Waals surface area (Å²) in [7, 11) is -8.67. The third kappa shape index (κ3) is 9.48. The van der Waals surface area contributed by atoms with Crippen LogP contribution >= 0.6 is 0 Å². The van der Waals surface area contributed by atoms with E-state index in [9.17, 15) is 0 Å². The molecule has 0 saturated carbocycles. The van der Waals surface area contributed by atoms with Crippen molar-refractivity contribution in [3.05, 3.63) is 0 Å². The fourth-order valence-corrected chi connectivity index (χ4v) is 31.2. The molecule has 1 rings (SSSR count). The molecule has 0 aromatic carbocycles. The third-order valence-electron chi connectivity index (χ3n) is 5.22. The SMILES string of the molecule is CO[Si](CC[Si]1(C)O[Si](C)(C)O[Si](C)(CCC[Si](C)(C)C)O[Si](C)(C)O1)(OC)OC. The molecule has 1 aliphatic rings. The van der Waals surface area contributed by atoms with Gasteiger partial charge in [0.2, 0.25) is 0 Å². The summed E-state index contributed by atoms with van der Waals surface area (Å²) in [6.45, 7) is 20.1. The van der Waals surface area contributed by atoms with Gasteiger partial charge in [-0.3, -0.25) is 0 Å². The van der Waals surface area contributed by atoms with Crippen LogP contribution in [0.1, 0.15) is 6.42 Å². The van der Waals surface area contributed by atoms with Gasteiger partial charge in [0.05, 0.1) is 0 Å². The zero-order chi connectivity index (χ0) is 23.5. The molecule has 1 saturated heterocycles. The molecule has 0 aromatic rings. The van der Waals surface area contributed by atoms with Crippen LogP contribution in [0.5, 0.6) is 0 Å². The van der Waals surface area contributed by atoms with Gasteiger partial charge in [0.15, 0.2) is 0 Å². The minimum Gasteiger partial charge on any atom is -0.416 e. The molecule has 1 heterocycles. The van der Waals surface area contributed by atoms with Gasteiger partial charge in [0.25, 0.3) is 0 Å². The first-order chi connectivity index (χ1) is 13.4. The molecular weight excluding hydrogens is 485 g/mol. The first-order valence-electron chi connectivity index (χ1n) is 10.9. The van der Waals surface area contributed by atoms with Gasteiger partial charge in [0.1, 0.15) is 0 Å². The Hall–Kier alpha value is 1.02. The monoisotopic (exact) mass is 530 g/mol. The fourth-order valence-electron chi connectivity index (χ4n) is 4.24. The molecular formula is C17H46O7Si6. The maximum atomic E-state index is 6.78. The van der Waals surface area contributed by atoms with Crippen molar-refractivity contribution < 1.29 is 29.7 Å². The second-order valence-corrected chi connectivity index (χ2v) is 33.8. The number of hydrogen-bond acceptors (Lipinski definition) is 7. The lowest BCUT2D eigenvalue weighted by molar-refractivity contribution is 0.124. The largest absolute Gasteiger partial charge is 0.500 e. The lowest BCUT2D eigenvalue weighted by Crippen LogP contribution is -2.66. The highest BCUT2D eigenvalue weighted by Crippen LogP contribution is 2.36. The van der Waals surface area contributed by atoms with E-state index in [2.05, 4.69) is 58.9 Å². The highest BCUT2D eigenvalue weighted by atomic mass is 28.5. The molecule has 0 aromatic heterocycles. The van der Waals surface area contributed by atoms with E-state index in [1.807, 2.05) is 0 Å². The van der Waals surface area contributed by atoms with Gasteiger partial charge in [-0.1, -0.05) is 32.1 Å². The summed E-state index contributed by atoms with van der Waals surface area (Å²) >= 11 is 0. The van der Waals surface area contributed by atoms with E-state index < -0.39 is 51.1 Å². The van der Waals surface area contributed by atoms with E-state index in [1.165, 1.54) is 6.04 Å². The van der Waals surface area contributed by atoms with Crippen LogP contribution < -0.4 is 0 Å². The second-order valence-electron chi connectivity index (χ2n) is 10.7. The van der Waals surface area contributed by atoms with Crippen molar-refractivity contribution in [2.75, 3.05) is 21.3 Å². The minimum absolute atomic E-state index is 0.652. The van der Waals surface area contributed by atoms with Crippen molar-refractivity contribution in [1.82, 2.24) is 0 Å². The van der Waals surface area contributed by atoms with Gasteiger partial charge in [0, 0.05) is 35.4 Å². The van der Waals surface area contributed by atoms with Gasteiger partial charge in [-0.2, -0.15) is 0 Å². The Labute approximate surface area is 191 Å². The molecule has 13 heteroatoms. The van der Waals surface area contributed by atoms with Crippen LogP contribution in [0, 0.1) is 0 Å². The van der Waals surface area contributed by atoms with Crippen LogP contribution in [0.15, 0.2) is 0 Å². The highest BCUT2D eigenvalue weighted by molar-refractivity contribution is 6.93. The Bertz CT molecular complexity index is 523. The molecule has 0 aliphatic carbocycles. The van der Waals surface area contributed by atoms with Crippen molar-refractivity contribution in [3.63, 3.8) is 0 Å². The van der Waals surface area contributed by atoms with Crippen LogP contribution in [0.25, 0.3) is 0 Å². The van der Waals surface area contributed by atoms with Crippen molar-refractivity contribution >= 4 is 51.1 Å². The molecule has 180 valence electrons. The summed E-state index contributed by atoms with van der Waals surface area (Å²) in [6.07, 6.45) is 1.16. The second kappa shape index (κ2) is 10.5. The average Bonchev–Trinajstić information content (AvgIpc) is 2.51. The Kier molecular flexibility index (Phi) is 10.2. The molecule has 0 amide bonds.